The Labute approximate surface area is 138 Å². The summed E-state index contributed by atoms with van der Waals surface area (Å²) in [6, 6.07) is 5.47. The lowest BCUT2D eigenvalue weighted by Gasteiger charge is -2.19. The van der Waals surface area contributed by atoms with Gasteiger partial charge in [-0.25, -0.2) is 4.79 Å². The summed E-state index contributed by atoms with van der Waals surface area (Å²) in [5.74, 6) is 2.34. The Kier molecular flexibility index (Phi) is 5.79. The lowest BCUT2D eigenvalue weighted by Crippen LogP contribution is -2.38. The summed E-state index contributed by atoms with van der Waals surface area (Å²) >= 11 is 0. The lowest BCUT2D eigenvalue weighted by atomic mass is 10.1. The number of halogens is 3. The number of hydrogen-bond donors (Lipinski definition) is 2. The van der Waals surface area contributed by atoms with E-state index in [9.17, 15) is 18.0 Å². The van der Waals surface area contributed by atoms with Crippen molar-refractivity contribution in [2.24, 2.45) is 5.92 Å². The van der Waals surface area contributed by atoms with E-state index in [-0.39, 0.29) is 24.2 Å². The molecule has 130 valence electrons. The van der Waals surface area contributed by atoms with Crippen LogP contribution >= 0.6 is 0 Å². The monoisotopic (exact) mass is 341 g/mol. The minimum atomic E-state index is -4.69. The summed E-state index contributed by atoms with van der Waals surface area (Å²) in [5, 5.41) is 5.27. The maximum absolute atomic E-state index is 12.1. The third-order valence-electron chi connectivity index (χ3n) is 3.62. The highest BCUT2D eigenvalue weighted by molar-refractivity contribution is 5.74. The van der Waals surface area contributed by atoms with Crippen LogP contribution in [0.3, 0.4) is 0 Å². The van der Waals surface area contributed by atoms with E-state index in [1.54, 1.807) is 12.1 Å². The molecule has 2 amide bonds. The van der Waals surface area contributed by atoms with Crippen molar-refractivity contribution in [1.82, 2.24) is 10.6 Å². The van der Waals surface area contributed by atoms with Crippen LogP contribution in [0.4, 0.5) is 23.7 Å². The van der Waals surface area contributed by atoms with Crippen LogP contribution in [0.5, 0.6) is 5.75 Å². The van der Waals surface area contributed by atoms with Crippen molar-refractivity contribution in [2.75, 3.05) is 31.1 Å². The fourth-order valence-electron chi connectivity index (χ4n) is 2.52. The van der Waals surface area contributed by atoms with Crippen LogP contribution in [0.25, 0.3) is 0 Å². The van der Waals surface area contributed by atoms with E-state index in [0.29, 0.717) is 6.54 Å². The molecule has 1 aromatic carbocycles. The Balaban J connectivity index is 1.80. The fourth-order valence-corrected chi connectivity index (χ4v) is 2.52. The second kappa shape index (κ2) is 7.81. The molecule has 1 unspecified atom stereocenters. The number of benzene rings is 1. The molecule has 0 spiro atoms. The van der Waals surface area contributed by atoms with Crippen molar-refractivity contribution in [1.29, 1.82) is 0 Å². The van der Waals surface area contributed by atoms with Crippen molar-refractivity contribution in [3.63, 3.8) is 0 Å². The number of alkyl halides is 3. The Morgan fingerprint density at radius 1 is 1.33 bits per heavy atom. The highest BCUT2D eigenvalue weighted by Gasteiger charge is 2.31. The standard InChI is InChI=1S/C16H18F3N3O2/c1-2-8-20-15(23)21-10-12-7-9-22(11-12)13-3-5-14(6-4-13)24-16(17,18)19/h1,3-6,12H,7-11H2,(H2,20,21,23). The number of hydrogen-bond acceptors (Lipinski definition) is 3. The van der Waals surface area contributed by atoms with Gasteiger partial charge in [-0.2, -0.15) is 0 Å². The summed E-state index contributed by atoms with van der Waals surface area (Å²) in [4.78, 5) is 13.5. The first-order valence-electron chi connectivity index (χ1n) is 7.43. The van der Waals surface area contributed by atoms with Gasteiger partial charge >= 0.3 is 12.4 Å². The predicted molar refractivity (Wildman–Crippen MR) is 83.7 cm³/mol. The number of carbonyl (C=O) groups is 1. The molecule has 1 atom stereocenters. The molecule has 24 heavy (non-hydrogen) atoms. The number of rotatable bonds is 5. The van der Waals surface area contributed by atoms with E-state index in [0.717, 1.165) is 25.2 Å². The van der Waals surface area contributed by atoms with Gasteiger partial charge in [-0.3, -0.25) is 0 Å². The summed E-state index contributed by atoms with van der Waals surface area (Å²) in [5.41, 5.74) is 0.823. The van der Waals surface area contributed by atoms with Gasteiger partial charge in [-0.1, -0.05) is 5.92 Å². The number of ether oxygens (including phenoxy) is 1. The number of terminal acetylenes is 1. The quantitative estimate of drug-likeness (QED) is 0.809. The summed E-state index contributed by atoms with van der Waals surface area (Å²) in [6.45, 7) is 2.18. The molecule has 2 rings (SSSR count). The molecular weight excluding hydrogens is 323 g/mol. The van der Waals surface area contributed by atoms with Crippen molar-refractivity contribution in [3.05, 3.63) is 24.3 Å². The zero-order valence-corrected chi connectivity index (χ0v) is 12.9. The summed E-state index contributed by atoms with van der Waals surface area (Å²) in [7, 11) is 0. The van der Waals surface area contributed by atoms with Crippen molar-refractivity contribution < 1.29 is 22.7 Å². The van der Waals surface area contributed by atoms with E-state index >= 15 is 0 Å². The Morgan fingerprint density at radius 2 is 2.04 bits per heavy atom. The second-order valence-electron chi connectivity index (χ2n) is 5.41. The molecule has 0 saturated carbocycles. The average molecular weight is 341 g/mol. The van der Waals surface area contributed by atoms with Crippen molar-refractivity contribution in [3.8, 4) is 18.1 Å². The van der Waals surface area contributed by atoms with Gasteiger partial charge in [0, 0.05) is 25.3 Å². The van der Waals surface area contributed by atoms with E-state index in [1.807, 2.05) is 0 Å². The number of urea groups is 1. The minimum absolute atomic E-state index is 0.176. The molecule has 1 heterocycles. The van der Waals surface area contributed by atoms with Gasteiger partial charge in [0.1, 0.15) is 5.75 Å². The van der Waals surface area contributed by atoms with E-state index in [2.05, 4.69) is 26.2 Å². The lowest BCUT2D eigenvalue weighted by molar-refractivity contribution is -0.274. The first-order valence-corrected chi connectivity index (χ1v) is 7.43. The smallest absolute Gasteiger partial charge is 0.406 e. The second-order valence-corrected chi connectivity index (χ2v) is 5.41. The van der Waals surface area contributed by atoms with Gasteiger partial charge in [0.25, 0.3) is 0 Å². The Morgan fingerprint density at radius 3 is 2.67 bits per heavy atom. The highest BCUT2D eigenvalue weighted by Crippen LogP contribution is 2.28. The van der Waals surface area contributed by atoms with E-state index in [1.165, 1.54) is 12.1 Å². The molecule has 1 fully saturated rings. The van der Waals surface area contributed by atoms with Crippen LogP contribution in [0.1, 0.15) is 6.42 Å². The average Bonchev–Trinajstić information content (AvgIpc) is 2.99. The molecule has 0 aromatic heterocycles. The number of nitrogens with zero attached hydrogens (tertiary/aromatic N) is 1. The topological polar surface area (TPSA) is 53.6 Å². The Bertz CT molecular complexity index is 596. The van der Waals surface area contributed by atoms with E-state index in [4.69, 9.17) is 6.42 Å². The zero-order chi connectivity index (χ0) is 17.6. The molecule has 1 saturated heterocycles. The molecule has 1 aliphatic rings. The molecule has 0 aliphatic carbocycles. The number of carbonyl (C=O) groups excluding carboxylic acids is 1. The number of nitrogens with one attached hydrogen (secondary N) is 2. The predicted octanol–water partition coefficient (Wildman–Crippen LogP) is 2.34. The van der Waals surface area contributed by atoms with Crippen LogP contribution in [0.2, 0.25) is 0 Å². The van der Waals surface area contributed by atoms with Gasteiger partial charge in [-0.15, -0.1) is 19.6 Å². The molecule has 1 aromatic rings. The van der Waals surface area contributed by atoms with E-state index < -0.39 is 6.36 Å². The van der Waals surface area contributed by atoms with Crippen LogP contribution in [-0.4, -0.2) is 38.6 Å². The Hall–Kier alpha value is -2.56. The third kappa shape index (κ3) is 5.57. The first-order chi connectivity index (χ1) is 11.4. The molecule has 2 N–H and O–H groups in total. The van der Waals surface area contributed by atoms with Gasteiger partial charge in [0.05, 0.1) is 6.54 Å². The minimum Gasteiger partial charge on any atom is -0.406 e. The van der Waals surface area contributed by atoms with Gasteiger partial charge in [0.15, 0.2) is 0 Å². The molecular formula is C16H18F3N3O2. The van der Waals surface area contributed by atoms with Crippen LogP contribution in [0, 0.1) is 18.3 Å². The van der Waals surface area contributed by atoms with Crippen LogP contribution in [0.15, 0.2) is 24.3 Å². The summed E-state index contributed by atoms with van der Waals surface area (Å²) in [6.07, 6.45) is 1.25. The molecule has 0 bridgehead atoms. The number of anilines is 1. The van der Waals surface area contributed by atoms with Gasteiger partial charge in [-0.05, 0) is 36.6 Å². The van der Waals surface area contributed by atoms with Gasteiger partial charge in [0.2, 0.25) is 0 Å². The first kappa shape index (κ1) is 17.8. The van der Waals surface area contributed by atoms with Crippen molar-refractivity contribution >= 4 is 11.7 Å². The normalized spacial score (nSPS) is 17.2. The maximum atomic E-state index is 12.1. The highest BCUT2D eigenvalue weighted by atomic mass is 19.4. The molecule has 0 radical (unpaired) electrons. The SMILES string of the molecule is C#CCNC(=O)NCC1CCN(c2ccc(OC(F)(F)F)cc2)C1. The third-order valence-corrected chi connectivity index (χ3v) is 3.62. The molecule has 1 aliphatic heterocycles. The molecule has 5 nitrogen and oxygen atoms in total. The fraction of sp³-hybridized carbons (Fsp3) is 0.438. The maximum Gasteiger partial charge on any atom is 0.573 e. The van der Waals surface area contributed by atoms with Crippen LogP contribution in [-0.2, 0) is 0 Å². The molecule has 8 heteroatoms. The largest absolute Gasteiger partial charge is 0.573 e. The summed E-state index contributed by atoms with van der Waals surface area (Å²) < 4.78 is 40.3. The van der Waals surface area contributed by atoms with Crippen LogP contribution < -0.4 is 20.3 Å². The van der Waals surface area contributed by atoms with Crippen molar-refractivity contribution in [2.45, 2.75) is 12.8 Å². The van der Waals surface area contributed by atoms with Gasteiger partial charge < -0.3 is 20.3 Å². The zero-order valence-electron chi connectivity index (χ0n) is 12.9. The number of amides is 2.